The van der Waals surface area contributed by atoms with Gasteiger partial charge in [-0.15, -0.1) is 0 Å². The number of nitrogens with one attached hydrogen (secondary N) is 2. The third-order valence-corrected chi connectivity index (χ3v) is 4.37. The summed E-state index contributed by atoms with van der Waals surface area (Å²) in [5.41, 5.74) is 4.26. The molecule has 0 aliphatic carbocycles. The highest BCUT2D eigenvalue weighted by Gasteiger charge is 2.14. The number of amides is 2. The van der Waals surface area contributed by atoms with Crippen molar-refractivity contribution in [3.8, 4) is 11.5 Å². The molecule has 0 aliphatic heterocycles. The van der Waals surface area contributed by atoms with Gasteiger partial charge in [-0.3, -0.25) is 9.59 Å². The molecule has 3 aromatic rings. The SMILES string of the molecule is COc1ccccc1NC(=O)C(=O)NN=Cc1cccc(OCc2ccc(Cl)cc2)c1. The van der Waals surface area contributed by atoms with Crippen LogP contribution in [0.25, 0.3) is 0 Å². The lowest BCUT2D eigenvalue weighted by Crippen LogP contribution is -2.32. The molecule has 2 N–H and O–H groups in total. The highest BCUT2D eigenvalue weighted by atomic mass is 35.5. The van der Waals surface area contributed by atoms with Crippen LogP contribution in [0.5, 0.6) is 11.5 Å². The van der Waals surface area contributed by atoms with Crippen molar-refractivity contribution in [2.45, 2.75) is 6.61 Å². The Labute approximate surface area is 184 Å². The summed E-state index contributed by atoms with van der Waals surface area (Å²) in [6, 6.07) is 21.3. The predicted octanol–water partition coefficient (Wildman–Crippen LogP) is 4.02. The Morgan fingerprint density at radius 2 is 1.77 bits per heavy atom. The minimum absolute atomic E-state index is 0.387. The van der Waals surface area contributed by atoms with Crippen molar-refractivity contribution >= 4 is 35.3 Å². The van der Waals surface area contributed by atoms with Crippen LogP contribution < -0.4 is 20.2 Å². The van der Waals surface area contributed by atoms with Crippen molar-refractivity contribution in [3.63, 3.8) is 0 Å². The number of ether oxygens (including phenoxy) is 2. The first kappa shape index (κ1) is 21.9. The van der Waals surface area contributed by atoms with Crippen molar-refractivity contribution in [2.24, 2.45) is 5.10 Å². The average molecular weight is 438 g/mol. The molecule has 0 aromatic heterocycles. The lowest BCUT2D eigenvalue weighted by Gasteiger charge is -2.08. The van der Waals surface area contributed by atoms with Crippen molar-refractivity contribution < 1.29 is 19.1 Å². The first-order valence-corrected chi connectivity index (χ1v) is 9.67. The number of nitrogens with zero attached hydrogens (tertiary/aromatic N) is 1. The van der Waals surface area contributed by atoms with Crippen molar-refractivity contribution in [1.29, 1.82) is 0 Å². The van der Waals surface area contributed by atoms with Crippen molar-refractivity contribution in [2.75, 3.05) is 12.4 Å². The summed E-state index contributed by atoms with van der Waals surface area (Å²) < 4.78 is 10.9. The fraction of sp³-hybridized carbons (Fsp3) is 0.0870. The lowest BCUT2D eigenvalue weighted by atomic mass is 10.2. The maximum absolute atomic E-state index is 12.0. The second-order valence-corrected chi connectivity index (χ2v) is 6.78. The molecular formula is C23H20ClN3O4. The molecule has 7 nitrogen and oxygen atoms in total. The van der Waals surface area contributed by atoms with Crippen LogP contribution in [0.1, 0.15) is 11.1 Å². The summed E-state index contributed by atoms with van der Waals surface area (Å²) >= 11 is 5.88. The second kappa shape index (κ2) is 10.8. The molecule has 0 aliphatic rings. The van der Waals surface area contributed by atoms with Crippen molar-refractivity contribution in [1.82, 2.24) is 5.43 Å². The maximum atomic E-state index is 12.0. The van der Waals surface area contributed by atoms with Crippen LogP contribution in [-0.2, 0) is 16.2 Å². The molecule has 8 heteroatoms. The quantitative estimate of drug-likeness (QED) is 0.332. The minimum Gasteiger partial charge on any atom is -0.495 e. The zero-order valence-electron chi connectivity index (χ0n) is 16.7. The van der Waals surface area contributed by atoms with Crippen LogP contribution in [0.15, 0.2) is 77.9 Å². The molecule has 0 saturated carbocycles. The maximum Gasteiger partial charge on any atom is 0.329 e. The van der Waals surface area contributed by atoms with Gasteiger partial charge in [-0.05, 0) is 47.5 Å². The van der Waals surface area contributed by atoms with Crippen LogP contribution in [0.2, 0.25) is 5.02 Å². The topological polar surface area (TPSA) is 89.0 Å². The van der Waals surface area contributed by atoms with E-state index in [0.717, 1.165) is 5.56 Å². The number of carbonyl (C=O) groups excluding carboxylic acids is 2. The zero-order chi connectivity index (χ0) is 22.1. The Morgan fingerprint density at radius 1 is 1.00 bits per heavy atom. The zero-order valence-corrected chi connectivity index (χ0v) is 17.4. The molecule has 0 unspecified atom stereocenters. The molecule has 31 heavy (non-hydrogen) atoms. The third-order valence-electron chi connectivity index (χ3n) is 4.12. The smallest absolute Gasteiger partial charge is 0.329 e. The summed E-state index contributed by atoms with van der Waals surface area (Å²) in [6.07, 6.45) is 1.42. The van der Waals surface area contributed by atoms with Gasteiger partial charge in [-0.1, -0.05) is 48.0 Å². The van der Waals surface area contributed by atoms with Crippen LogP contribution >= 0.6 is 11.6 Å². The van der Waals surface area contributed by atoms with Gasteiger partial charge < -0.3 is 14.8 Å². The number of anilines is 1. The van der Waals surface area contributed by atoms with E-state index in [1.807, 2.05) is 18.2 Å². The molecule has 0 spiro atoms. The molecule has 3 aromatic carbocycles. The fourth-order valence-electron chi connectivity index (χ4n) is 2.58. The average Bonchev–Trinajstić information content (AvgIpc) is 2.79. The molecule has 3 rings (SSSR count). The van der Waals surface area contributed by atoms with E-state index < -0.39 is 11.8 Å². The molecule has 0 bridgehead atoms. The van der Waals surface area contributed by atoms with Crippen molar-refractivity contribution in [3.05, 3.63) is 88.9 Å². The summed E-state index contributed by atoms with van der Waals surface area (Å²) in [5, 5.41) is 6.97. The van der Waals surface area contributed by atoms with Gasteiger partial charge in [-0.2, -0.15) is 5.10 Å². The van der Waals surface area contributed by atoms with E-state index in [2.05, 4.69) is 15.8 Å². The number of benzene rings is 3. The highest BCUT2D eigenvalue weighted by molar-refractivity contribution is 6.39. The Morgan fingerprint density at radius 3 is 2.55 bits per heavy atom. The number of para-hydroxylation sites is 2. The second-order valence-electron chi connectivity index (χ2n) is 6.34. The van der Waals surface area contributed by atoms with E-state index >= 15 is 0 Å². The van der Waals surface area contributed by atoms with Crippen LogP contribution in [0.3, 0.4) is 0 Å². The van der Waals surface area contributed by atoms with E-state index in [9.17, 15) is 9.59 Å². The Bertz CT molecular complexity index is 1080. The number of halogens is 1. The molecule has 0 radical (unpaired) electrons. The molecule has 0 heterocycles. The number of hydrogen-bond donors (Lipinski definition) is 2. The highest BCUT2D eigenvalue weighted by Crippen LogP contribution is 2.22. The molecule has 0 fully saturated rings. The number of rotatable bonds is 7. The van der Waals surface area contributed by atoms with Gasteiger partial charge in [0.1, 0.15) is 18.1 Å². The Balaban J connectivity index is 1.53. The standard InChI is InChI=1S/C23H20ClN3O4/c1-30-21-8-3-2-7-20(21)26-22(28)23(29)27-25-14-17-5-4-6-19(13-17)31-15-16-9-11-18(24)12-10-16/h2-14H,15H2,1H3,(H,26,28)(H,27,29). The predicted molar refractivity (Wildman–Crippen MR) is 120 cm³/mol. The van der Waals surface area contributed by atoms with E-state index in [0.29, 0.717) is 34.4 Å². The van der Waals surface area contributed by atoms with Gasteiger partial charge in [-0.25, -0.2) is 5.43 Å². The Kier molecular flexibility index (Phi) is 7.61. The monoisotopic (exact) mass is 437 g/mol. The van der Waals surface area contributed by atoms with Gasteiger partial charge in [0.15, 0.2) is 0 Å². The molecule has 2 amide bonds. The number of hydrogen-bond acceptors (Lipinski definition) is 5. The number of methoxy groups -OCH3 is 1. The van der Waals surface area contributed by atoms with Gasteiger partial charge in [0.2, 0.25) is 0 Å². The summed E-state index contributed by atoms with van der Waals surface area (Å²) in [4.78, 5) is 24.0. The number of carbonyl (C=O) groups is 2. The van der Waals surface area contributed by atoms with E-state index in [4.69, 9.17) is 21.1 Å². The van der Waals surface area contributed by atoms with Crippen LogP contribution in [-0.4, -0.2) is 25.1 Å². The summed E-state index contributed by atoms with van der Waals surface area (Å²) in [7, 11) is 1.47. The first-order valence-electron chi connectivity index (χ1n) is 9.30. The van der Waals surface area contributed by atoms with Gasteiger partial charge >= 0.3 is 11.8 Å². The normalized spacial score (nSPS) is 10.5. The number of hydrazone groups is 1. The fourth-order valence-corrected chi connectivity index (χ4v) is 2.70. The van der Waals surface area contributed by atoms with Gasteiger partial charge in [0.05, 0.1) is 19.0 Å². The van der Waals surface area contributed by atoms with Gasteiger partial charge in [0, 0.05) is 5.02 Å². The Hall–Kier alpha value is -3.84. The summed E-state index contributed by atoms with van der Waals surface area (Å²) in [6.45, 7) is 0.387. The molecule has 158 valence electrons. The summed E-state index contributed by atoms with van der Waals surface area (Å²) in [5.74, 6) is -0.680. The molecular weight excluding hydrogens is 418 g/mol. The first-order chi connectivity index (χ1) is 15.0. The van der Waals surface area contributed by atoms with Crippen LogP contribution in [0, 0.1) is 0 Å². The van der Waals surface area contributed by atoms with E-state index in [-0.39, 0.29) is 0 Å². The third kappa shape index (κ3) is 6.58. The van der Waals surface area contributed by atoms with E-state index in [1.54, 1.807) is 54.6 Å². The van der Waals surface area contributed by atoms with Crippen LogP contribution in [0.4, 0.5) is 5.69 Å². The largest absolute Gasteiger partial charge is 0.495 e. The molecule has 0 saturated heterocycles. The minimum atomic E-state index is -0.905. The molecule has 0 atom stereocenters. The van der Waals surface area contributed by atoms with Gasteiger partial charge in [0.25, 0.3) is 0 Å². The van der Waals surface area contributed by atoms with E-state index in [1.165, 1.54) is 13.3 Å². The lowest BCUT2D eigenvalue weighted by molar-refractivity contribution is -0.136.